The third-order valence-electron chi connectivity index (χ3n) is 4.37. The van der Waals surface area contributed by atoms with Crippen molar-refractivity contribution in [2.75, 3.05) is 37.2 Å². The minimum Gasteiger partial charge on any atom is -0.508 e. The van der Waals surface area contributed by atoms with Crippen molar-refractivity contribution in [3.63, 3.8) is 0 Å². The Morgan fingerprint density at radius 2 is 2.09 bits per heavy atom. The zero-order chi connectivity index (χ0) is 15.8. The van der Waals surface area contributed by atoms with Gasteiger partial charge in [0.25, 0.3) is 0 Å². The third kappa shape index (κ3) is 2.63. The van der Waals surface area contributed by atoms with E-state index in [1.807, 2.05) is 6.07 Å². The molecule has 1 aromatic carbocycles. The highest BCUT2D eigenvalue weighted by atomic mass is 16.3. The molecule has 1 aliphatic heterocycles. The average molecular weight is 312 g/mol. The maximum atomic E-state index is 9.77. The number of rotatable bonds is 4. The standard InChI is InChI=1S/C16H20N6O/c17-16-20-14(18-5-8-22-6-1-2-7-22)13-11-9-10(23)3-4-12(11)19-15(13)21-16/h3-4,9,23H,1-2,5-8H2,(H4,17,18,19,20,21). The van der Waals surface area contributed by atoms with E-state index in [4.69, 9.17) is 5.73 Å². The van der Waals surface area contributed by atoms with Crippen LogP contribution in [-0.2, 0) is 0 Å². The summed E-state index contributed by atoms with van der Waals surface area (Å²) in [5.41, 5.74) is 7.41. The summed E-state index contributed by atoms with van der Waals surface area (Å²) in [7, 11) is 0. The number of nitrogens with two attached hydrogens (primary N) is 1. The lowest BCUT2D eigenvalue weighted by atomic mass is 10.2. The largest absolute Gasteiger partial charge is 0.508 e. The van der Waals surface area contributed by atoms with Crippen LogP contribution in [0.25, 0.3) is 21.9 Å². The van der Waals surface area contributed by atoms with E-state index in [1.54, 1.807) is 12.1 Å². The first kappa shape index (κ1) is 14.1. The number of phenolic OH excluding ortho intramolecular Hbond substituents is 1. The number of nitrogens with one attached hydrogen (secondary N) is 2. The van der Waals surface area contributed by atoms with E-state index < -0.39 is 0 Å². The molecule has 1 aliphatic rings. The Kier molecular flexibility index (Phi) is 3.42. The minimum atomic E-state index is 0.221. The highest BCUT2D eigenvalue weighted by Gasteiger charge is 2.15. The predicted octanol–water partition coefficient (Wildman–Crippen LogP) is 1.91. The van der Waals surface area contributed by atoms with Crippen LogP contribution in [0.2, 0.25) is 0 Å². The smallest absolute Gasteiger partial charge is 0.223 e. The van der Waals surface area contributed by atoms with Crippen molar-refractivity contribution in [3.8, 4) is 5.75 Å². The van der Waals surface area contributed by atoms with Crippen LogP contribution in [0, 0.1) is 0 Å². The Bertz CT molecular complexity index is 853. The van der Waals surface area contributed by atoms with Gasteiger partial charge in [-0.05, 0) is 44.1 Å². The molecule has 4 rings (SSSR count). The number of anilines is 2. The first-order valence-corrected chi connectivity index (χ1v) is 7.95. The van der Waals surface area contributed by atoms with E-state index >= 15 is 0 Å². The van der Waals surface area contributed by atoms with Crippen LogP contribution in [0.4, 0.5) is 11.8 Å². The first-order chi connectivity index (χ1) is 11.2. The van der Waals surface area contributed by atoms with E-state index in [0.29, 0.717) is 11.5 Å². The Balaban J connectivity index is 1.69. The summed E-state index contributed by atoms with van der Waals surface area (Å²) < 4.78 is 0. The maximum Gasteiger partial charge on any atom is 0.223 e. The molecule has 0 saturated carbocycles. The Labute approximate surface area is 133 Å². The van der Waals surface area contributed by atoms with Crippen LogP contribution < -0.4 is 11.1 Å². The molecule has 23 heavy (non-hydrogen) atoms. The molecule has 120 valence electrons. The van der Waals surface area contributed by atoms with E-state index in [2.05, 4.69) is 25.2 Å². The number of H-pyrrole nitrogens is 1. The van der Waals surface area contributed by atoms with Crippen molar-refractivity contribution in [2.24, 2.45) is 0 Å². The van der Waals surface area contributed by atoms with Gasteiger partial charge in [0.05, 0.1) is 5.39 Å². The topological polar surface area (TPSA) is 103 Å². The number of likely N-dealkylation sites (tertiary alicyclic amines) is 1. The van der Waals surface area contributed by atoms with Gasteiger partial charge in [-0.15, -0.1) is 0 Å². The number of nitrogens with zero attached hydrogens (tertiary/aromatic N) is 3. The molecule has 3 heterocycles. The molecule has 1 saturated heterocycles. The highest BCUT2D eigenvalue weighted by Crippen LogP contribution is 2.32. The van der Waals surface area contributed by atoms with Crippen molar-refractivity contribution < 1.29 is 5.11 Å². The number of phenols is 1. The van der Waals surface area contributed by atoms with Crippen LogP contribution in [0.3, 0.4) is 0 Å². The molecule has 5 N–H and O–H groups in total. The lowest BCUT2D eigenvalue weighted by Crippen LogP contribution is -2.26. The number of aromatic amines is 1. The summed E-state index contributed by atoms with van der Waals surface area (Å²) in [5, 5.41) is 14.9. The molecule has 0 amide bonds. The molecular formula is C16H20N6O. The Morgan fingerprint density at radius 1 is 1.26 bits per heavy atom. The van der Waals surface area contributed by atoms with Crippen molar-refractivity contribution in [2.45, 2.75) is 12.8 Å². The summed E-state index contributed by atoms with van der Waals surface area (Å²) in [5.74, 6) is 1.17. The van der Waals surface area contributed by atoms with Gasteiger partial charge < -0.3 is 26.0 Å². The van der Waals surface area contributed by atoms with Crippen LogP contribution >= 0.6 is 0 Å². The molecule has 0 spiro atoms. The summed E-state index contributed by atoms with van der Waals surface area (Å²) in [4.78, 5) is 14.3. The third-order valence-corrected chi connectivity index (χ3v) is 4.37. The Morgan fingerprint density at radius 3 is 2.91 bits per heavy atom. The SMILES string of the molecule is Nc1nc(NCCN2CCCC2)c2c(n1)[nH]c1ccc(O)cc12. The fourth-order valence-electron chi connectivity index (χ4n) is 3.27. The molecule has 0 unspecified atom stereocenters. The van der Waals surface area contributed by atoms with Gasteiger partial charge >= 0.3 is 0 Å². The summed E-state index contributed by atoms with van der Waals surface area (Å²) in [6.45, 7) is 4.13. The zero-order valence-electron chi connectivity index (χ0n) is 12.8. The molecule has 0 aliphatic carbocycles. The molecule has 0 atom stereocenters. The summed E-state index contributed by atoms with van der Waals surface area (Å²) in [6, 6.07) is 5.20. The van der Waals surface area contributed by atoms with Gasteiger partial charge in [0.2, 0.25) is 5.95 Å². The molecule has 3 aromatic rings. The summed E-state index contributed by atoms with van der Waals surface area (Å²) >= 11 is 0. The minimum absolute atomic E-state index is 0.221. The monoisotopic (exact) mass is 312 g/mol. The van der Waals surface area contributed by atoms with E-state index in [-0.39, 0.29) is 11.7 Å². The van der Waals surface area contributed by atoms with E-state index in [0.717, 1.165) is 29.4 Å². The number of fused-ring (bicyclic) bond motifs is 3. The molecule has 0 bridgehead atoms. The van der Waals surface area contributed by atoms with Gasteiger partial charge in [0.15, 0.2) is 0 Å². The van der Waals surface area contributed by atoms with Gasteiger partial charge in [-0.25, -0.2) is 0 Å². The lowest BCUT2D eigenvalue weighted by molar-refractivity contribution is 0.352. The van der Waals surface area contributed by atoms with Crippen molar-refractivity contribution in [1.29, 1.82) is 0 Å². The van der Waals surface area contributed by atoms with Crippen molar-refractivity contribution >= 4 is 33.7 Å². The van der Waals surface area contributed by atoms with Crippen LogP contribution in [0.1, 0.15) is 12.8 Å². The Hall–Kier alpha value is -2.54. The van der Waals surface area contributed by atoms with Crippen LogP contribution in [0.15, 0.2) is 18.2 Å². The van der Waals surface area contributed by atoms with Gasteiger partial charge in [-0.3, -0.25) is 0 Å². The van der Waals surface area contributed by atoms with E-state index in [9.17, 15) is 5.11 Å². The molecular weight excluding hydrogens is 292 g/mol. The lowest BCUT2D eigenvalue weighted by Gasteiger charge is -2.15. The van der Waals surface area contributed by atoms with E-state index in [1.165, 1.54) is 25.9 Å². The number of aromatic nitrogens is 3. The molecule has 1 fully saturated rings. The molecule has 7 heteroatoms. The fourth-order valence-corrected chi connectivity index (χ4v) is 3.27. The normalized spacial score (nSPS) is 15.7. The van der Waals surface area contributed by atoms with Crippen molar-refractivity contribution in [1.82, 2.24) is 19.9 Å². The predicted molar refractivity (Wildman–Crippen MR) is 91.6 cm³/mol. The second-order valence-corrected chi connectivity index (χ2v) is 5.98. The number of benzene rings is 1. The number of nitrogen functional groups attached to an aromatic ring is 1. The molecule has 7 nitrogen and oxygen atoms in total. The highest BCUT2D eigenvalue weighted by molar-refractivity contribution is 6.11. The second kappa shape index (κ2) is 5.58. The molecule has 0 radical (unpaired) electrons. The zero-order valence-corrected chi connectivity index (χ0v) is 12.8. The number of hydrogen-bond acceptors (Lipinski definition) is 6. The average Bonchev–Trinajstić information content (AvgIpc) is 3.14. The number of hydrogen-bond donors (Lipinski definition) is 4. The number of aromatic hydroxyl groups is 1. The summed E-state index contributed by atoms with van der Waals surface area (Å²) in [6.07, 6.45) is 2.57. The van der Waals surface area contributed by atoms with Crippen LogP contribution in [-0.4, -0.2) is 51.1 Å². The van der Waals surface area contributed by atoms with Crippen LogP contribution in [0.5, 0.6) is 5.75 Å². The molecule has 2 aromatic heterocycles. The van der Waals surface area contributed by atoms with Gasteiger partial charge in [0.1, 0.15) is 17.2 Å². The van der Waals surface area contributed by atoms with Crippen molar-refractivity contribution in [3.05, 3.63) is 18.2 Å². The fraction of sp³-hybridized carbons (Fsp3) is 0.375. The quantitative estimate of drug-likeness (QED) is 0.587. The van der Waals surface area contributed by atoms with Gasteiger partial charge in [-0.2, -0.15) is 9.97 Å². The van der Waals surface area contributed by atoms with Gasteiger partial charge in [0, 0.05) is 24.0 Å². The second-order valence-electron chi connectivity index (χ2n) is 5.98. The van der Waals surface area contributed by atoms with Gasteiger partial charge in [-0.1, -0.05) is 0 Å². The first-order valence-electron chi connectivity index (χ1n) is 7.95. The maximum absolute atomic E-state index is 9.77.